The van der Waals surface area contributed by atoms with Crippen molar-refractivity contribution in [2.45, 2.75) is 12.5 Å². The number of carbonyl (C=O) groups is 2. The molecule has 0 aliphatic carbocycles. The van der Waals surface area contributed by atoms with E-state index in [-0.39, 0.29) is 30.6 Å². The topological polar surface area (TPSA) is 79.5 Å². The zero-order valence-corrected chi connectivity index (χ0v) is 12.4. The van der Waals surface area contributed by atoms with Crippen LogP contribution in [0.3, 0.4) is 0 Å². The monoisotopic (exact) mass is 313 g/mol. The Hall–Kier alpha value is -1.63. The molecule has 116 valence electrons. The smallest absolute Gasteiger partial charge is 0.250 e. The Kier molecular flexibility index (Phi) is 7.74. The summed E-state index contributed by atoms with van der Waals surface area (Å²) >= 11 is 0. The number of benzene rings is 1. The van der Waals surface area contributed by atoms with Crippen molar-refractivity contribution in [3.8, 4) is 0 Å². The van der Waals surface area contributed by atoms with E-state index in [1.165, 1.54) is 0 Å². The van der Waals surface area contributed by atoms with Gasteiger partial charge in [0, 0.05) is 31.7 Å². The van der Waals surface area contributed by atoms with Gasteiger partial charge >= 0.3 is 0 Å². The summed E-state index contributed by atoms with van der Waals surface area (Å²) in [6.45, 7) is 2.12. The molecule has 1 unspecified atom stereocenters. The van der Waals surface area contributed by atoms with Crippen molar-refractivity contribution >= 4 is 29.9 Å². The standard InChI is InChI=1S/C14H19N3O3.ClH/c18-13(17-11-4-2-1-3-5-11)6-7-16-14(19)12-10-15-8-9-20-12;/h1-5,12,15H,6-10H2,(H,16,19)(H,17,18);1H. The fourth-order valence-corrected chi connectivity index (χ4v) is 1.89. The normalized spacial score (nSPS) is 17.4. The Morgan fingerprint density at radius 1 is 1.29 bits per heavy atom. The fraction of sp³-hybridized carbons (Fsp3) is 0.429. The van der Waals surface area contributed by atoms with E-state index in [4.69, 9.17) is 4.74 Å². The second-order valence-electron chi connectivity index (χ2n) is 4.52. The van der Waals surface area contributed by atoms with Crippen molar-refractivity contribution in [3.63, 3.8) is 0 Å². The molecule has 1 atom stereocenters. The van der Waals surface area contributed by atoms with E-state index in [9.17, 15) is 9.59 Å². The van der Waals surface area contributed by atoms with Gasteiger partial charge in [-0.3, -0.25) is 9.59 Å². The van der Waals surface area contributed by atoms with Crippen LogP contribution < -0.4 is 16.0 Å². The number of para-hydroxylation sites is 1. The van der Waals surface area contributed by atoms with Crippen LogP contribution >= 0.6 is 12.4 Å². The highest BCUT2D eigenvalue weighted by molar-refractivity contribution is 5.91. The van der Waals surface area contributed by atoms with E-state index in [1.807, 2.05) is 30.3 Å². The lowest BCUT2D eigenvalue weighted by Gasteiger charge is -2.22. The van der Waals surface area contributed by atoms with Crippen molar-refractivity contribution in [1.82, 2.24) is 10.6 Å². The number of rotatable bonds is 5. The molecule has 1 heterocycles. The highest BCUT2D eigenvalue weighted by atomic mass is 35.5. The molecular weight excluding hydrogens is 294 g/mol. The highest BCUT2D eigenvalue weighted by Crippen LogP contribution is 2.05. The highest BCUT2D eigenvalue weighted by Gasteiger charge is 2.21. The van der Waals surface area contributed by atoms with Gasteiger partial charge in [0.15, 0.2) is 0 Å². The first-order valence-electron chi connectivity index (χ1n) is 6.70. The van der Waals surface area contributed by atoms with E-state index < -0.39 is 6.10 Å². The molecule has 1 aliphatic heterocycles. The van der Waals surface area contributed by atoms with Gasteiger partial charge in [0.25, 0.3) is 0 Å². The molecule has 0 saturated carbocycles. The van der Waals surface area contributed by atoms with Crippen LogP contribution in [0.25, 0.3) is 0 Å². The molecule has 3 N–H and O–H groups in total. The number of nitrogens with one attached hydrogen (secondary N) is 3. The Balaban J connectivity index is 0.00000220. The molecule has 0 spiro atoms. The Labute approximate surface area is 130 Å². The van der Waals surface area contributed by atoms with Crippen LogP contribution in [-0.2, 0) is 14.3 Å². The summed E-state index contributed by atoms with van der Waals surface area (Å²) in [5.41, 5.74) is 0.753. The van der Waals surface area contributed by atoms with Crippen molar-refractivity contribution in [2.75, 3.05) is 31.6 Å². The lowest BCUT2D eigenvalue weighted by Crippen LogP contribution is -2.48. The number of amides is 2. The van der Waals surface area contributed by atoms with Crippen LogP contribution in [0.15, 0.2) is 30.3 Å². The molecule has 1 aromatic rings. The number of hydrogen-bond donors (Lipinski definition) is 3. The van der Waals surface area contributed by atoms with Gasteiger partial charge in [-0.25, -0.2) is 0 Å². The van der Waals surface area contributed by atoms with Gasteiger partial charge in [-0.05, 0) is 12.1 Å². The van der Waals surface area contributed by atoms with Crippen LogP contribution in [0.5, 0.6) is 0 Å². The summed E-state index contributed by atoms with van der Waals surface area (Å²) in [5, 5.41) is 8.55. The predicted octanol–water partition coefficient (Wildman–Crippen LogP) is 0.542. The van der Waals surface area contributed by atoms with Crippen LogP contribution in [0.2, 0.25) is 0 Å². The van der Waals surface area contributed by atoms with E-state index in [0.29, 0.717) is 19.7 Å². The molecule has 2 rings (SSSR count). The van der Waals surface area contributed by atoms with Crippen LogP contribution in [0.4, 0.5) is 5.69 Å². The van der Waals surface area contributed by atoms with Crippen molar-refractivity contribution in [3.05, 3.63) is 30.3 Å². The molecule has 7 heteroatoms. The lowest BCUT2D eigenvalue weighted by molar-refractivity contribution is -0.134. The third-order valence-electron chi connectivity index (χ3n) is 2.93. The Bertz CT molecular complexity index is 450. The number of halogens is 1. The Morgan fingerprint density at radius 3 is 2.71 bits per heavy atom. The number of hydrogen-bond acceptors (Lipinski definition) is 4. The van der Waals surface area contributed by atoms with Crippen LogP contribution in [0, 0.1) is 0 Å². The van der Waals surface area contributed by atoms with Crippen molar-refractivity contribution < 1.29 is 14.3 Å². The minimum Gasteiger partial charge on any atom is -0.366 e. The molecular formula is C14H20ClN3O3. The van der Waals surface area contributed by atoms with Gasteiger partial charge in [0.1, 0.15) is 6.10 Å². The minimum absolute atomic E-state index is 0. The quantitative estimate of drug-likeness (QED) is 0.741. The molecule has 0 bridgehead atoms. The molecule has 2 amide bonds. The minimum atomic E-state index is -0.457. The summed E-state index contributed by atoms with van der Waals surface area (Å²) in [6, 6.07) is 9.22. The second-order valence-corrected chi connectivity index (χ2v) is 4.52. The Morgan fingerprint density at radius 2 is 2.05 bits per heavy atom. The summed E-state index contributed by atoms with van der Waals surface area (Å²) in [5.74, 6) is -0.302. The van der Waals surface area contributed by atoms with E-state index in [0.717, 1.165) is 12.2 Å². The maximum absolute atomic E-state index is 11.7. The number of anilines is 1. The average Bonchev–Trinajstić information content (AvgIpc) is 2.49. The van der Waals surface area contributed by atoms with Crippen LogP contribution in [-0.4, -0.2) is 44.2 Å². The number of carbonyl (C=O) groups excluding carboxylic acids is 2. The number of ether oxygens (including phenoxy) is 1. The van der Waals surface area contributed by atoms with Gasteiger partial charge in [0.05, 0.1) is 6.61 Å². The molecule has 1 aliphatic rings. The summed E-state index contributed by atoms with van der Waals surface area (Å²) in [7, 11) is 0. The summed E-state index contributed by atoms with van der Waals surface area (Å²) in [6.07, 6.45) is -0.221. The molecule has 0 radical (unpaired) electrons. The van der Waals surface area contributed by atoms with Gasteiger partial charge in [0.2, 0.25) is 11.8 Å². The van der Waals surface area contributed by atoms with Crippen LogP contribution in [0.1, 0.15) is 6.42 Å². The molecule has 1 aromatic carbocycles. The van der Waals surface area contributed by atoms with Crippen molar-refractivity contribution in [1.29, 1.82) is 0 Å². The first-order valence-corrected chi connectivity index (χ1v) is 6.70. The molecule has 1 saturated heterocycles. The largest absolute Gasteiger partial charge is 0.366 e. The molecule has 0 aromatic heterocycles. The van der Waals surface area contributed by atoms with E-state index >= 15 is 0 Å². The summed E-state index contributed by atoms with van der Waals surface area (Å²) in [4.78, 5) is 23.4. The van der Waals surface area contributed by atoms with Gasteiger partial charge in [-0.15, -0.1) is 12.4 Å². The third kappa shape index (κ3) is 6.12. The maximum atomic E-state index is 11.7. The van der Waals surface area contributed by atoms with Gasteiger partial charge < -0.3 is 20.7 Å². The van der Waals surface area contributed by atoms with Crippen molar-refractivity contribution in [2.24, 2.45) is 0 Å². The average molecular weight is 314 g/mol. The molecule has 6 nitrogen and oxygen atoms in total. The lowest BCUT2D eigenvalue weighted by atomic mass is 10.2. The third-order valence-corrected chi connectivity index (χ3v) is 2.93. The first kappa shape index (κ1) is 17.4. The first-order chi connectivity index (χ1) is 9.75. The van der Waals surface area contributed by atoms with Gasteiger partial charge in [-0.1, -0.05) is 18.2 Å². The number of morpholine rings is 1. The fourth-order valence-electron chi connectivity index (χ4n) is 1.89. The van der Waals surface area contributed by atoms with E-state index in [2.05, 4.69) is 16.0 Å². The zero-order chi connectivity index (χ0) is 14.2. The SMILES string of the molecule is Cl.O=C(CCNC(=O)C1CNCCO1)Nc1ccccc1. The predicted molar refractivity (Wildman–Crippen MR) is 82.6 cm³/mol. The molecule has 21 heavy (non-hydrogen) atoms. The van der Waals surface area contributed by atoms with E-state index in [1.54, 1.807) is 0 Å². The maximum Gasteiger partial charge on any atom is 0.250 e. The zero-order valence-electron chi connectivity index (χ0n) is 11.6. The second kappa shape index (κ2) is 9.33. The summed E-state index contributed by atoms with van der Waals surface area (Å²) < 4.78 is 5.32. The molecule has 1 fully saturated rings. The van der Waals surface area contributed by atoms with Gasteiger partial charge in [-0.2, -0.15) is 0 Å².